The Labute approximate surface area is 82.3 Å². The summed E-state index contributed by atoms with van der Waals surface area (Å²) in [5, 5.41) is 0. The van der Waals surface area contributed by atoms with Crippen molar-refractivity contribution < 1.29 is 4.74 Å². The average molecular weight is 185 g/mol. The number of hydrogen-bond donors (Lipinski definition) is 0. The van der Waals surface area contributed by atoms with Crippen LogP contribution in [0.5, 0.6) is 0 Å². The minimum absolute atomic E-state index is 0.540. The standard InChI is InChI=1S/C9H17NO.C2H6/c1-10-6-2-3-9(10)4-7-11-8-5-9;1-2/h2-8H2,1H3;1-2H3. The average Bonchev–Trinajstić information content (AvgIpc) is 2.53. The van der Waals surface area contributed by atoms with Crippen molar-refractivity contribution in [1.29, 1.82) is 0 Å². The maximum atomic E-state index is 5.38. The second-order valence-corrected chi connectivity index (χ2v) is 3.86. The number of rotatable bonds is 0. The van der Waals surface area contributed by atoms with Gasteiger partial charge in [0.05, 0.1) is 0 Å². The first-order chi connectivity index (χ1) is 6.33. The Kier molecular flexibility index (Phi) is 4.20. The summed E-state index contributed by atoms with van der Waals surface area (Å²) in [6.45, 7) is 7.24. The van der Waals surface area contributed by atoms with Gasteiger partial charge in [-0.05, 0) is 39.3 Å². The highest BCUT2D eigenvalue weighted by atomic mass is 16.5. The molecule has 0 bridgehead atoms. The molecule has 1 spiro atoms. The molecule has 0 unspecified atom stereocenters. The molecular weight excluding hydrogens is 162 g/mol. The van der Waals surface area contributed by atoms with E-state index in [4.69, 9.17) is 4.74 Å². The number of likely N-dealkylation sites (tertiary alicyclic amines) is 1. The van der Waals surface area contributed by atoms with E-state index in [0.717, 1.165) is 13.2 Å². The third-order valence-corrected chi connectivity index (χ3v) is 3.37. The molecule has 2 saturated heterocycles. The van der Waals surface area contributed by atoms with Crippen LogP contribution in [-0.2, 0) is 4.74 Å². The second-order valence-electron chi connectivity index (χ2n) is 3.86. The fraction of sp³-hybridized carbons (Fsp3) is 1.00. The summed E-state index contributed by atoms with van der Waals surface area (Å²) in [6.07, 6.45) is 5.29. The van der Waals surface area contributed by atoms with Crippen LogP contribution in [-0.4, -0.2) is 37.2 Å². The summed E-state index contributed by atoms with van der Waals surface area (Å²) in [6, 6.07) is 0. The number of nitrogens with zero attached hydrogens (tertiary/aromatic N) is 1. The molecule has 0 aliphatic carbocycles. The predicted octanol–water partition coefficient (Wildman–Crippen LogP) is 2.29. The van der Waals surface area contributed by atoms with E-state index in [1.165, 1.54) is 32.2 Å². The molecule has 2 aliphatic heterocycles. The van der Waals surface area contributed by atoms with Crippen molar-refractivity contribution >= 4 is 0 Å². The van der Waals surface area contributed by atoms with Crippen molar-refractivity contribution in [3.63, 3.8) is 0 Å². The molecule has 13 heavy (non-hydrogen) atoms. The molecule has 0 N–H and O–H groups in total. The van der Waals surface area contributed by atoms with Crippen LogP contribution in [0, 0.1) is 0 Å². The zero-order valence-electron chi connectivity index (χ0n) is 9.31. The van der Waals surface area contributed by atoms with Crippen molar-refractivity contribution in [2.45, 2.75) is 45.1 Å². The lowest BCUT2D eigenvalue weighted by molar-refractivity contribution is 0.00189. The topological polar surface area (TPSA) is 12.5 Å². The summed E-state index contributed by atoms with van der Waals surface area (Å²) < 4.78 is 5.38. The van der Waals surface area contributed by atoms with Crippen LogP contribution in [0.2, 0.25) is 0 Å². The molecule has 2 fully saturated rings. The summed E-state index contributed by atoms with van der Waals surface area (Å²) in [5.41, 5.74) is 0.540. The van der Waals surface area contributed by atoms with Crippen LogP contribution in [0.25, 0.3) is 0 Å². The van der Waals surface area contributed by atoms with Gasteiger partial charge in [0.2, 0.25) is 0 Å². The lowest BCUT2D eigenvalue weighted by atomic mass is 9.88. The monoisotopic (exact) mass is 185 g/mol. The SMILES string of the molecule is CC.CN1CCCC12CCOCC2. The van der Waals surface area contributed by atoms with Crippen LogP contribution in [0.15, 0.2) is 0 Å². The van der Waals surface area contributed by atoms with Crippen LogP contribution < -0.4 is 0 Å². The first kappa shape index (κ1) is 11.0. The molecule has 0 aromatic rings. The van der Waals surface area contributed by atoms with Gasteiger partial charge in [-0.15, -0.1) is 0 Å². The Bertz CT molecular complexity index is 141. The van der Waals surface area contributed by atoms with E-state index in [1.807, 2.05) is 13.8 Å². The van der Waals surface area contributed by atoms with Crippen LogP contribution >= 0.6 is 0 Å². The van der Waals surface area contributed by atoms with Gasteiger partial charge in [-0.2, -0.15) is 0 Å². The number of ether oxygens (including phenoxy) is 1. The van der Waals surface area contributed by atoms with Crippen molar-refractivity contribution in [2.24, 2.45) is 0 Å². The molecule has 2 rings (SSSR count). The summed E-state index contributed by atoms with van der Waals surface area (Å²) in [7, 11) is 2.26. The van der Waals surface area contributed by atoms with E-state index in [0.29, 0.717) is 5.54 Å². The van der Waals surface area contributed by atoms with E-state index >= 15 is 0 Å². The second kappa shape index (κ2) is 4.97. The van der Waals surface area contributed by atoms with E-state index in [9.17, 15) is 0 Å². The Morgan fingerprint density at radius 3 is 2.15 bits per heavy atom. The zero-order valence-corrected chi connectivity index (χ0v) is 9.31. The summed E-state index contributed by atoms with van der Waals surface area (Å²) >= 11 is 0. The zero-order chi connectivity index (χ0) is 9.73. The minimum atomic E-state index is 0.540. The third-order valence-electron chi connectivity index (χ3n) is 3.37. The fourth-order valence-electron chi connectivity index (χ4n) is 2.46. The highest BCUT2D eigenvalue weighted by Gasteiger charge is 2.39. The van der Waals surface area contributed by atoms with Gasteiger partial charge in [0.15, 0.2) is 0 Å². The van der Waals surface area contributed by atoms with Crippen molar-refractivity contribution in [1.82, 2.24) is 4.90 Å². The summed E-state index contributed by atoms with van der Waals surface area (Å²) in [4.78, 5) is 2.54. The van der Waals surface area contributed by atoms with Gasteiger partial charge < -0.3 is 9.64 Å². The third kappa shape index (κ3) is 2.23. The molecule has 78 valence electrons. The molecule has 0 saturated carbocycles. The largest absolute Gasteiger partial charge is 0.381 e. The molecule has 0 atom stereocenters. The van der Waals surface area contributed by atoms with Gasteiger partial charge in [0, 0.05) is 18.8 Å². The molecule has 0 radical (unpaired) electrons. The molecule has 2 nitrogen and oxygen atoms in total. The lowest BCUT2D eigenvalue weighted by Gasteiger charge is -2.39. The van der Waals surface area contributed by atoms with E-state index < -0.39 is 0 Å². The van der Waals surface area contributed by atoms with Crippen LogP contribution in [0.4, 0.5) is 0 Å². The van der Waals surface area contributed by atoms with Crippen molar-refractivity contribution in [2.75, 3.05) is 26.8 Å². The highest BCUT2D eigenvalue weighted by molar-refractivity contribution is 4.95. The van der Waals surface area contributed by atoms with Crippen molar-refractivity contribution in [3.05, 3.63) is 0 Å². The van der Waals surface area contributed by atoms with Gasteiger partial charge in [0.25, 0.3) is 0 Å². The Hall–Kier alpha value is -0.0800. The molecular formula is C11H23NO. The molecule has 0 aromatic heterocycles. The maximum Gasteiger partial charge on any atom is 0.0483 e. The van der Waals surface area contributed by atoms with Gasteiger partial charge in [-0.3, -0.25) is 0 Å². The smallest absolute Gasteiger partial charge is 0.0483 e. The van der Waals surface area contributed by atoms with Crippen LogP contribution in [0.1, 0.15) is 39.5 Å². The molecule has 0 aromatic carbocycles. The summed E-state index contributed by atoms with van der Waals surface area (Å²) in [5.74, 6) is 0. The van der Waals surface area contributed by atoms with Gasteiger partial charge >= 0.3 is 0 Å². The Balaban J connectivity index is 0.000000396. The fourth-order valence-corrected chi connectivity index (χ4v) is 2.46. The van der Waals surface area contributed by atoms with E-state index in [-0.39, 0.29) is 0 Å². The molecule has 2 aliphatic rings. The molecule has 2 heterocycles. The Morgan fingerprint density at radius 1 is 1.08 bits per heavy atom. The first-order valence-corrected chi connectivity index (χ1v) is 5.63. The van der Waals surface area contributed by atoms with Gasteiger partial charge in [0.1, 0.15) is 0 Å². The predicted molar refractivity (Wildman–Crippen MR) is 56.0 cm³/mol. The van der Waals surface area contributed by atoms with Crippen molar-refractivity contribution in [3.8, 4) is 0 Å². The normalized spacial score (nSPS) is 27.0. The molecule has 2 heteroatoms. The van der Waals surface area contributed by atoms with Crippen LogP contribution in [0.3, 0.4) is 0 Å². The maximum absolute atomic E-state index is 5.38. The lowest BCUT2D eigenvalue weighted by Crippen LogP contribution is -2.45. The van der Waals surface area contributed by atoms with E-state index in [2.05, 4.69) is 11.9 Å². The van der Waals surface area contributed by atoms with Gasteiger partial charge in [-0.25, -0.2) is 0 Å². The Morgan fingerprint density at radius 2 is 1.69 bits per heavy atom. The first-order valence-electron chi connectivity index (χ1n) is 5.63. The quantitative estimate of drug-likeness (QED) is 0.574. The van der Waals surface area contributed by atoms with E-state index in [1.54, 1.807) is 0 Å². The minimum Gasteiger partial charge on any atom is -0.381 e. The number of hydrogen-bond acceptors (Lipinski definition) is 2. The highest BCUT2D eigenvalue weighted by Crippen LogP contribution is 2.36. The van der Waals surface area contributed by atoms with Gasteiger partial charge in [-0.1, -0.05) is 13.8 Å². The molecule has 0 amide bonds.